The Morgan fingerprint density at radius 3 is 3.18 bits per heavy atom. The maximum Gasteiger partial charge on any atom is 0.182 e. The highest BCUT2D eigenvalue weighted by atomic mass is 16.5. The Bertz CT molecular complexity index is 448. The molecule has 3 rings (SSSR count). The third-order valence-corrected chi connectivity index (χ3v) is 3.41. The van der Waals surface area contributed by atoms with E-state index in [0.717, 1.165) is 43.5 Å². The molecule has 0 aliphatic carbocycles. The van der Waals surface area contributed by atoms with Gasteiger partial charge in [0.1, 0.15) is 6.61 Å². The topological polar surface area (TPSA) is 54.6 Å². The molecule has 17 heavy (non-hydrogen) atoms. The number of pyridine rings is 1. The molecule has 1 atom stereocenters. The highest BCUT2D eigenvalue weighted by Gasteiger charge is 2.34. The maximum atomic E-state index is 5.95. The highest BCUT2D eigenvalue weighted by Crippen LogP contribution is 2.28. The summed E-state index contributed by atoms with van der Waals surface area (Å²) in [7, 11) is 0. The zero-order valence-electron chi connectivity index (χ0n) is 9.67. The number of aromatic nitrogens is 1. The van der Waals surface area contributed by atoms with Crippen LogP contribution in [0.15, 0.2) is 30.9 Å². The molecule has 5 nitrogen and oxygen atoms in total. The summed E-state index contributed by atoms with van der Waals surface area (Å²) in [6.07, 6.45) is 3.48. The van der Waals surface area contributed by atoms with E-state index >= 15 is 0 Å². The second-order valence-electron chi connectivity index (χ2n) is 4.43. The largest absolute Gasteiger partial charge is 0.477 e. The van der Waals surface area contributed by atoms with Crippen molar-refractivity contribution in [2.75, 3.05) is 36.9 Å². The summed E-state index contributed by atoms with van der Waals surface area (Å²) in [6, 6.07) is 2.36. The van der Waals surface area contributed by atoms with E-state index < -0.39 is 0 Å². The van der Waals surface area contributed by atoms with Crippen molar-refractivity contribution < 1.29 is 4.74 Å². The number of fused-ring (bicyclic) bond motifs is 1. The van der Waals surface area contributed by atoms with Gasteiger partial charge in [-0.2, -0.15) is 0 Å². The quantitative estimate of drug-likeness (QED) is 0.770. The Hall–Kier alpha value is -1.91. The fourth-order valence-corrected chi connectivity index (χ4v) is 2.51. The first-order chi connectivity index (χ1) is 8.25. The Labute approximate surface area is 100 Å². The van der Waals surface area contributed by atoms with E-state index in [9.17, 15) is 0 Å². The molecular weight excluding hydrogens is 216 g/mol. The third kappa shape index (κ3) is 1.67. The van der Waals surface area contributed by atoms with Gasteiger partial charge in [-0.05, 0) is 12.6 Å². The zero-order valence-corrected chi connectivity index (χ0v) is 9.67. The third-order valence-electron chi connectivity index (χ3n) is 3.41. The first-order valence-corrected chi connectivity index (χ1v) is 5.78. The van der Waals surface area contributed by atoms with Crippen LogP contribution < -0.4 is 10.6 Å². The van der Waals surface area contributed by atoms with Crippen LogP contribution in [0, 0.1) is 0 Å². The standard InChI is InChI=1S/C12H16N4O/c1-9-16-5-4-15(7-10(16)8-17-9)12-2-3-14-6-11(12)13/h2-3,6,10H,1,4-5,7-8,13H2. The van der Waals surface area contributed by atoms with Crippen LogP contribution >= 0.6 is 0 Å². The Morgan fingerprint density at radius 2 is 2.35 bits per heavy atom. The van der Waals surface area contributed by atoms with Gasteiger partial charge < -0.3 is 20.3 Å². The van der Waals surface area contributed by atoms with Crippen molar-refractivity contribution >= 4 is 11.4 Å². The number of rotatable bonds is 1. The molecule has 2 saturated heterocycles. The molecule has 0 amide bonds. The van der Waals surface area contributed by atoms with Crippen molar-refractivity contribution in [2.45, 2.75) is 6.04 Å². The number of hydrogen-bond donors (Lipinski definition) is 1. The SMILES string of the molecule is C=C1OCC2CN(c3ccncc3N)CCN12. The summed E-state index contributed by atoms with van der Waals surface area (Å²) in [6.45, 7) is 7.42. The molecule has 90 valence electrons. The predicted molar refractivity (Wildman–Crippen MR) is 66.4 cm³/mol. The minimum absolute atomic E-state index is 0.392. The molecule has 1 aromatic rings. The molecule has 5 heteroatoms. The number of piperazine rings is 1. The van der Waals surface area contributed by atoms with Crippen LogP contribution in [0.25, 0.3) is 0 Å². The molecule has 1 unspecified atom stereocenters. The first kappa shape index (κ1) is 10.3. The molecule has 3 heterocycles. The molecule has 2 aliphatic rings. The minimum Gasteiger partial charge on any atom is -0.477 e. The monoisotopic (exact) mass is 232 g/mol. The van der Waals surface area contributed by atoms with E-state index in [2.05, 4.69) is 21.4 Å². The predicted octanol–water partition coefficient (Wildman–Crippen LogP) is 0.656. The van der Waals surface area contributed by atoms with Gasteiger partial charge in [-0.1, -0.05) is 0 Å². The maximum absolute atomic E-state index is 5.95. The van der Waals surface area contributed by atoms with Crippen LogP contribution in [0.3, 0.4) is 0 Å². The lowest BCUT2D eigenvalue weighted by Gasteiger charge is -2.38. The number of ether oxygens (including phenoxy) is 1. The fraction of sp³-hybridized carbons (Fsp3) is 0.417. The molecule has 1 aromatic heterocycles. The second-order valence-corrected chi connectivity index (χ2v) is 4.43. The van der Waals surface area contributed by atoms with Crippen LogP contribution in [0.4, 0.5) is 11.4 Å². The van der Waals surface area contributed by atoms with E-state index in [-0.39, 0.29) is 0 Å². The lowest BCUT2D eigenvalue weighted by molar-refractivity contribution is 0.235. The lowest BCUT2D eigenvalue weighted by Crippen LogP contribution is -2.50. The summed E-state index contributed by atoms with van der Waals surface area (Å²) < 4.78 is 5.48. The van der Waals surface area contributed by atoms with Crippen LogP contribution in [0.5, 0.6) is 0 Å². The fourth-order valence-electron chi connectivity index (χ4n) is 2.51. The molecule has 0 aromatic carbocycles. The normalized spacial score (nSPS) is 23.5. The molecule has 0 spiro atoms. The van der Waals surface area contributed by atoms with Crippen LogP contribution in [0.1, 0.15) is 0 Å². The Morgan fingerprint density at radius 1 is 1.47 bits per heavy atom. The highest BCUT2D eigenvalue weighted by molar-refractivity contribution is 5.66. The van der Waals surface area contributed by atoms with Gasteiger partial charge in [-0.15, -0.1) is 0 Å². The van der Waals surface area contributed by atoms with Crippen molar-refractivity contribution in [2.24, 2.45) is 0 Å². The summed E-state index contributed by atoms with van der Waals surface area (Å²) >= 11 is 0. The molecular formula is C12H16N4O. The Balaban J connectivity index is 1.80. The lowest BCUT2D eigenvalue weighted by atomic mass is 10.1. The number of nitrogens with two attached hydrogens (primary N) is 1. The summed E-state index contributed by atoms with van der Waals surface area (Å²) in [5.41, 5.74) is 7.75. The average Bonchev–Trinajstić information content (AvgIpc) is 2.71. The molecule has 2 fully saturated rings. The van der Waals surface area contributed by atoms with Crippen molar-refractivity contribution in [3.8, 4) is 0 Å². The summed E-state index contributed by atoms with van der Waals surface area (Å²) in [5.74, 6) is 0.803. The van der Waals surface area contributed by atoms with Crippen LogP contribution in [-0.2, 0) is 4.74 Å². The molecule has 0 saturated carbocycles. The van der Waals surface area contributed by atoms with Gasteiger partial charge in [0.2, 0.25) is 0 Å². The molecule has 2 N–H and O–H groups in total. The number of nitrogens with zero attached hydrogens (tertiary/aromatic N) is 3. The van der Waals surface area contributed by atoms with Crippen LogP contribution in [0.2, 0.25) is 0 Å². The van der Waals surface area contributed by atoms with Crippen LogP contribution in [-0.4, -0.2) is 42.2 Å². The van der Waals surface area contributed by atoms with Crippen molar-refractivity contribution in [3.05, 3.63) is 30.9 Å². The van der Waals surface area contributed by atoms with Gasteiger partial charge in [-0.25, -0.2) is 0 Å². The van der Waals surface area contributed by atoms with Gasteiger partial charge in [-0.3, -0.25) is 4.98 Å². The number of nitrogen functional groups attached to an aromatic ring is 1. The Kier molecular flexibility index (Phi) is 2.31. The smallest absolute Gasteiger partial charge is 0.182 e. The average molecular weight is 232 g/mol. The van der Waals surface area contributed by atoms with Gasteiger partial charge in [0.15, 0.2) is 5.88 Å². The molecule has 0 radical (unpaired) electrons. The van der Waals surface area contributed by atoms with Crippen molar-refractivity contribution in [1.29, 1.82) is 0 Å². The molecule has 0 bridgehead atoms. The minimum atomic E-state index is 0.392. The zero-order chi connectivity index (χ0) is 11.8. The van der Waals surface area contributed by atoms with Gasteiger partial charge in [0.25, 0.3) is 0 Å². The van der Waals surface area contributed by atoms with Crippen molar-refractivity contribution in [1.82, 2.24) is 9.88 Å². The van der Waals surface area contributed by atoms with E-state index in [1.807, 2.05) is 6.07 Å². The van der Waals surface area contributed by atoms with E-state index in [4.69, 9.17) is 10.5 Å². The number of anilines is 2. The van der Waals surface area contributed by atoms with E-state index in [1.165, 1.54) is 0 Å². The second kappa shape index (κ2) is 3.84. The van der Waals surface area contributed by atoms with Crippen molar-refractivity contribution in [3.63, 3.8) is 0 Å². The van der Waals surface area contributed by atoms with E-state index in [0.29, 0.717) is 6.04 Å². The van der Waals surface area contributed by atoms with Gasteiger partial charge >= 0.3 is 0 Å². The van der Waals surface area contributed by atoms with E-state index in [1.54, 1.807) is 12.4 Å². The molecule has 2 aliphatic heterocycles. The first-order valence-electron chi connectivity index (χ1n) is 5.78. The van der Waals surface area contributed by atoms with Gasteiger partial charge in [0, 0.05) is 25.8 Å². The summed E-state index contributed by atoms with van der Waals surface area (Å²) in [5, 5.41) is 0. The number of hydrogen-bond acceptors (Lipinski definition) is 5. The summed E-state index contributed by atoms with van der Waals surface area (Å²) in [4.78, 5) is 8.54. The van der Waals surface area contributed by atoms with Gasteiger partial charge in [0.05, 0.1) is 23.6 Å².